The Morgan fingerprint density at radius 2 is 1.53 bits per heavy atom. The maximum atomic E-state index is 13.3. The fraction of sp³-hybridized carbons (Fsp3) is 0.607. The highest BCUT2D eigenvalue weighted by molar-refractivity contribution is 5.99. The van der Waals surface area contributed by atoms with E-state index in [1.807, 2.05) is 35.0 Å². The maximum Gasteiger partial charge on any atom is 0.254 e. The van der Waals surface area contributed by atoms with Crippen molar-refractivity contribution in [2.75, 3.05) is 18.4 Å². The van der Waals surface area contributed by atoms with Gasteiger partial charge in [-0.3, -0.25) is 9.59 Å². The van der Waals surface area contributed by atoms with Crippen LogP contribution in [0.3, 0.4) is 0 Å². The summed E-state index contributed by atoms with van der Waals surface area (Å²) in [6.07, 6.45) is 1.79. The molecule has 34 heavy (non-hydrogen) atoms. The summed E-state index contributed by atoms with van der Waals surface area (Å²) in [4.78, 5) is 28.0. The van der Waals surface area contributed by atoms with E-state index in [-0.39, 0.29) is 34.7 Å². The van der Waals surface area contributed by atoms with E-state index >= 15 is 0 Å². The van der Waals surface area contributed by atoms with Gasteiger partial charge in [0.15, 0.2) is 0 Å². The molecule has 0 fully saturated rings. The van der Waals surface area contributed by atoms with Gasteiger partial charge in [-0.05, 0) is 50.3 Å². The molecule has 0 spiro atoms. The second kappa shape index (κ2) is 10.3. The zero-order valence-corrected chi connectivity index (χ0v) is 22.9. The molecule has 0 aliphatic heterocycles. The lowest BCUT2D eigenvalue weighted by Crippen LogP contribution is -2.39. The molecule has 2 rings (SSSR count). The predicted molar refractivity (Wildman–Crippen MR) is 141 cm³/mol. The minimum atomic E-state index is -0.293. The van der Waals surface area contributed by atoms with Gasteiger partial charge < -0.3 is 10.2 Å². The van der Waals surface area contributed by atoms with Crippen molar-refractivity contribution >= 4 is 17.6 Å². The highest BCUT2D eigenvalue weighted by Gasteiger charge is 2.27. The molecule has 0 aliphatic carbocycles. The lowest BCUT2D eigenvalue weighted by Gasteiger charge is -2.25. The van der Waals surface area contributed by atoms with Crippen LogP contribution < -0.4 is 5.32 Å². The van der Waals surface area contributed by atoms with Crippen LogP contribution in [0.25, 0.3) is 0 Å². The van der Waals surface area contributed by atoms with Gasteiger partial charge in [-0.1, -0.05) is 67.0 Å². The monoisotopic (exact) mass is 468 g/mol. The van der Waals surface area contributed by atoms with Crippen molar-refractivity contribution in [1.29, 1.82) is 0 Å². The molecular formula is C28H44N4O2. The van der Waals surface area contributed by atoms with Gasteiger partial charge in [0.25, 0.3) is 5.91 Å². The van der Waals surface area contributed by atoms with Crippen LogP contribution in [-0.4, -0.2) is 39.6 Å². The molecule has 6 heteroatoms. The third-order valence-corrected chi connectivity index (χ3v) is 5.78. The van der Waals surface area contributed by atoms with E-state index in [2.05, 4.69) is 74.6 Å². The maximum absolute atomic E-state index is 13.3. The first-order chi connectivity index (χ1) is 15.5. The number of benzene rings is 1. The van der Waals surface area contributed by atoms with Crippen molar-refractivity contribution in [2.45, 2.75) is 98.4 Å². The van der Waals surface area contributed by atoms with Gasteiger partial charge in [0.05, 0.1) is 11.2 Å². The van der Waals surface area contributed by atoms with E-state index in [0.29, 0.717) is 17.9 Å². The lowest BCUT2D eigenvalue weighted by molar-refractivity contribution is -0.117. The average Bonchev–Trinajstić information content (AvgIpc) is 3.14. The third kappa shape index (κ3) is 7.18. The van der Waals surface area contributed by atoms with Crippen LogP contribution in [0.1, 0.15) is 104 Å². The summed E-state index contributed by atoms with van der Waals surface area (Å²) in [5.74, 6) is 0.310. The van der Waals surface area contributed by atoms with Crippen molar-refractivity contribution in [3.05, 3.63) is 47.2 Å². The summed E-state index contributed by atoms with van der Waals surface area (Å²) < 4.78 is 1.86. The van der Waals surface area contributed by atoms with Gasteiger partial charge >= 0.3 is 0 Å². The fourth-order valence-electron chi connectivity index (χ4n) is 3.60. The largest absolute Gasteiger partial charge is 0.329 e. The summed E-state index contributed by atoms with van der Waals surface area (Å²) in [6.45, 7) is 21.5. The molecule has 0 unspecified atom stereocenters. The molecule has 0 saturated carbocycles. The minimum absolute atomic E-state index is 0.0000294. The quantitative estimate of drug-likeness (QED) is 0.533. The topological polar surface area (TPSA) is 67.2 Å². The summed E-state index contributed by atoms with van der Waals surface area (Å²) in [7, 11) is 0. The molecule has 2 aromatic rings. The first kappa shape index (κ1) is 27.6. The van der Waals surface area contributed by atoms with Crippen LogP contribution in [0.2, 0.25) is 0 Å². The van der Waals surface area contributed by atoms with Gasteiger partial charge in [0.2, 0.25) is 5.91 Å². The Kier molecular flexibility index (Phi) is 8.39. The zero-order chi connectivity index (χ0) is 25.9. The molecule has 0 radical (unpaired) electrons. The molecular weight excluding hydrogens is 424 g/mol. The Bertz CT molecular complexity index is 983. The summed E-state index contributed by atoms with van der Waals surface area (Å²) >= 11 is 0. The van der Waals surface area contributed by atoms with Gasteiger partial charge in [-0.25, -0.2) is 4.68 Å². The van der Waals surface area contributed by atoms with E-state index in [9.17, 15) is 9.59 Å². The number of nitrogens with one attached hydrogen (secondary N) is 1. The Morgan fingerprint density at radius 3 is 2.00 bits per heavy atom. The van der Waals surface area contributed by atoms with Crippen LogP contribution in [-0.2, 0) is 21.2 Å². The van der Waals surface area contributed by atoms with Crippen LogP contribution in [0.15, 0.2) is 30.3 Å². The van der Waals surface area contributed by atoms with Crippen LogP contribution in [0, 0.1) is 0 Å². The number of aromatic nitrogens is 2. The van der Waals surface area contributed by atoms with Crippen LogP contribution >= 0.6 is 0 Å². The molecule has 0 atom stereocenters. The van der Waals surface area contributed by atoms with Crippen LogP contribution in [0.5, 0.6) is 0 Å². The molecule has 188 valence electrons. The highest BCUT2D eigenvalue weighted by Crippen LogP contribution is 2.28. The number of hydrogen-bond acceptors (Lipinski definition) is 3. The smallest absolute Gasteiger partial charge is 0.254 e. The fourth-order valence-corrected chi connectivity index (χ4v) is 3.60. The number of nitrogens with zero attached hydrogens (tertiary/aromatic N) is 3. The Hall–Kier alpha value is -2.63. The van der Waals surface area contributed by atoms with E-state index in [4.69, 9.17) is 5.10 Å². The van der Waals surface area contributed by atoms with Gasteiger partial charge in [-0.15, -0.1) is 0 Å². The number of rotatable bonds is 7. The molecule has 6 nitrogen and oxygen atoms in total. The van der Waals surface area contributed by atoms with E-state index in [1.54, 1.807) is 4.90 Å². The number of anilines is 1. The Morgan fingerprint density at radius 1 is 0.941 bits per heavy atom. The average molecular weight is 469 g/mol. The Labute approximate surface area is 206 Å². The second-order valence-corrected chi connectivity index (χ2v) is 12.2. The van der Waals surface area contributed by atoms with Gasteiger partial charge in [0, 0.05) is 23.6 Å². The molecule has 1 aromatic carbocycles. The van der Waals surface area contributed by atoms with Crippen molar-refractivity contribution in [3.8, 4) is 0 Å². The molecule has 0 bridgehead atoms. The van der Waals surface area contributed by atoms with Crippen molar-refractivity contribution < 1.29 is 9.59 Å². The summed E-state index contributed by atoms with van der Waals surface area (Å²) in [6, 6.07) is 9.67. The normalized spacial score (nSPS) is 12.5. The summed E-state index contributed by atoms with van der Waals surface area (Å²) in [5.41, 5.74) is 2.27. The molecule has 2 amide bonds. The van der Waals surface area contributed by atoms with E-state index in [1.165, 1.54) is 5.56 Å². The second-order valence-electron chi connectivity index (χ2n) is 12.2. The molecule has 1 heterocycles. The molecule has 1 aromatic heterocycles. The van der Waals surface area contributed by atoms with Gasteiger partial charge in [0.1, 0.15) is 12.4 Å². The number of carbonyl (C=O) groups excluding carboxylic acids is 2. The predicted octanol–water partition coefficient (Wildman–Crippen LogP) is 6.11. The van der Waals surface area contributed by atoms with Gasteiger partial charge in [-0.2, -0.15) is 5.10 Å². The third-order valence-electron chi connectivity index (χ3n) is 5.78. The minimum Gasteiger partial charge on any atom is -0.329 e. The lowest BCUT2D eigenvalue weighted by atomic mass is 9.86. The standard InChI is InChI=1S/C28H44N4O2/c1-11-12-17-31(25(34)20-13-15-21(16-14-20)26(2,3)4)19-24(33)29-23-18-22(27(5,6)7)30-32(23)28(8,9)10/h13-16,18H,11-12,17,19H2,1-10H3,(H,29,33). The number of unbranched alkanes of at least 4 members (excludes halogenated alkanes) is 1. The van der Waals surface area contributed by atoms with E-state index < -0.39 is 0 Å². The first-order valence-electron chi connectivity index (χ1n) is 12.3. The highest BCUT2D eigenvalue weighted by atomic mass is 16.2. The number of amides is 2. The number of hydrogen-bond donors (Lipinski definition) is 1. The summed E-state index contributed by atoms with van der Waals surface area (Å²) in [5, 5.41) is 7.79. The van der Waals surface area contributed by atoms with Crippen molar-refractivity contribution in [3.63, 3.8) is 0 Å². The number of carbonyl (C=O) groups is 2. The van der Waals surface area contributed by atoms with Crippen molar-refractivity contribution in [2.24, 2.45) is 0 Å². The zero-order valence-electron chi connectivity index (χ0n) is 22.9. The molecule has 0 aliphatic rings. The van der Waals surface area contributed by atoms with E-state index in [0.717, 1.165) is 18.5 Å². The van der Waals surface area contributed by atoms with Crippen molar-refractivity contribution in [1.82, 2.24) is 14.7 Å². The Balaban J connectivity index is 2.25. The SMILES string of the molecule is CCCCN(CC(=O)Nc1cc(C(C)(C)C)nn1C(C)(C)C)C(=O)c1ccc(C(C)(C)C)cc1. The molecule has 0 saturated heterocycles. The molecule has 1 N–H and O–H groups in total. The first-order valence-corrected chi connectivity index (χ1v) is 12.3. The van der Waals surface area contributed by atoms with Crippen LogP contribution in [0.4, 0.5) is 5.82 Å².